The third-order valence-electron chi connectivity index (χ3n) is 4.93. The fourth-order valence-electron chi connectivity index (χ4n) is 3.44. The highest BCUT2D eigenvalue weighted by Gasteiger charge is 2.38. The Morgan fingerprint density at radius 1 is 1.31 bits per heavy atom. The van der Waals surface area contributed by atoms with Crippen molar-refractivity contribution in [1.82, 2.24) is 14.5 Å². The van der Waals surface area contributed by atoms with Crippen LogP contribution in [0.15, 0.2) is 12.1 Å². The highest BCUT2D eigenvalue weighted by Crippen LogP contribution is 2.35. The predicted molar refractivity (Wildman–Crippen MR) is 94.5 cm³/mol. The van der Waals surface area contributed by atoms with Crippen molar-refractivity contribution in [3.8, 4) is 5.75 Å². The Labute approximate surface area is 152 Å². The van der Waals surface area contributed by atoms with Gasteiger partial charge in [0, 0.05) is 18.2 Å². The predicted octanol–water partition coefficient (Wildman–Crippen LogP) is 0.238. The van der Waals surface area contributed by atoms with Crippen LogP contribution in [0, 0.1) is 5.82 Å². The van der Waals surface area contributed by atoms with E-state index < -0.39 is 39.9 Å². The van der Waals surface area contributed by atoms with Gasteiger partial charge in [-0.05, 0) is 46.1 Å². The number of phenols is 1. The van der Waals surface area contributed by atoms with Crippen LogP contribution in [0.2, 0.25) is 0 Å². The second kappa shape index (κ2) is 7.01. The number of benzene rings is 1. The van der Waals surface area contributed by atoms with Gasteiger partial charge in [0.25, 0.3) is 5.91 Å². The molecule has 10 heteroatoms. The lowest BCUT2D eigenvalue weighted by Crippen LogP contribution is -2.41. The van der Waals surface area contributed by atoms with Crippen molar-refractivity contribution in [3.05, 3.63) is 23.5 Å². The first-order valence-corrected chi connectivity index (χ1v) is 9.85. The van der Waals surface area contributed by atoms with Crippen molar-refractivity contribution in [2.45, 2.75) is 25.4 Å². The molecule has 26 heavy (non-hydrogen) atoms. The normalized spacial score (nSPS) is 21.4. The molecule has 2 saturated heterocycles. The number of nitrogens with one attached hydrogen (secondary N) is 1. The minimum atomic E-state index is -4.19. The summed E-state index contributed by atoms with van der Waals surface area (Å²) in [4.78, 5) is 15.7. The molecule has 2 aliphatic rings. The Morgan fingerprint density at radius 2 is 1.96 bits per heavy atom. The molecule has 0 radical (unpaired) electrons. The van der Waals surface area contributed by atoms with Crippen LogP contribution < -0.4 is 9.03 Å². The first kappa shape index (κ1) is 18.9. The van der Waals surface area contributed by atoms with Gasteiger partial charge in [0.15, 0.2) is 5.82 Å². The summed E-state index contributed by atoms with van der Waals surface area (Å²) in [5.74, 6) is -2.10. The minimum Gasteiger partial charge on any atom is -0.506 e. The summed E-state index contributed by atoms with van der Waals surface area (Å²) in [5.41, 5.74) is -0.195. The number of nitrogens with zero attached hydrogens (tertiary/aromatic N) is 3. The minimum absolute atomic E-state index is 0.288. The number of hydrogen-bond acceptors (Lipinski definition) is 6. The number of rotatable bonds is 4. The Bertz CT molecular complexity index is 807. The van der Waals surface area contributed by atoms with Crippen LogP contribution in [-0.4, -0.2) is 69.0 Å². The van der Waals surface area contributed by atoms with E-state index in [9.17, 15) is 22.7 Å². The van der Waals surface area contributed by atoms with Crippen LogP contribution in [0.4, 0.5) is 10.1 Å². The molecular formula is C16H23FN4O4S. The van der Waals surface area contributed by atoms with E-state index in [1.165, 1.54) is 12.1 Å². The second-order valence-electron chi connectivity index (χ2n) is 6.91. The third kappa shape index (κ3) is 3.62. The lowest BCUT2D eigenvalue weighted by Gasteiger charge is -2.35. The molecule has 2 fully saturated rings. The first-order valence-electron chi connectivity index (χ1n) is 8.41. The highest BCUT2D eigenvalue weighted by atomic mass is 32.2. The number of aromatic hydroxyl groups is 1. The van der Waals surface area contributed by atoms with Crippen LogP contribution in [0.3, 0.4) is 0 Å². The number of phenolic OH excluding ortho intramolecular Hbond substituents is 1. The maximum atomic E-state index is 15.0. The number of anilines is 1. The van der Waals surface area contributed by atoms with E-state index in [0.29, 0.717) is 16.9 Å². The van der Waals surface area contributed by atoms with Crippen molar-refractivity contribution in [1.29, 1.82) is 0 Å². The van der Waals surface area contributed by atoms with Gasteiger partial charge in [0.2, 0.25) is 0 Å². The van der Waals surface area contributed by atoms with Crippen molar-refractivity contribution >= 4 is 21.8 Å². The number of carbonyl (C=O) groups excluding carboxylic acids is 1. The number of amides is 1. The molecule has 3 rings (SSSR count). The number of carbonyl (C=O) groups is 1. The third-order valence-corrected chi connectivity index (χ3v) is 6.30. The Hall–Kier alpha value is -1.91. The van der Waals surface area contributed by atoms with Crippen LogP contribution >= 0.6 is 0 Å². The second-order valence-corrected chi connectivity index (χ2v) is 8.51. The van der Waals surface area contributed by atoms with Crippen LogP contribution in [0.5, 0.6) is 5.75 Å². The average molecular weight is 386 g/mol. The van der Waals surface area contributed by atoms with Crippen LogP contribution in [0.1, 0.15) is 18.4 Å². The monoisotopic (exact) mass is 386 g/mol. The van der Waals surface area contributed by atoms with E-state index in [4.69, 9.17) is 0 Å². The molecule has 2 aliphatic heterocycles. The zero-order chi connectivity index (χ0) is 19.1. The number of halogens is 1. The summed E-state index contributed by atoms with van der Waals surface area (Å²) >= 11 is 0. The first-order chi connectivity index (χ1) is 12.2. The van der Waals surface area contributed by atoms with Gasteiger partial charge in [0.1, 0.15) is 18.0 Å². The van der Waals surface area contributed by atoms with Gasteiger partial charge < -0.3 is 10.0 Å². The van der Waals surface area contributed by atoms with E-state index >= 15 is 0 Å². The Balaban J connectivity index is 1.82. The molecule has 0 atom stereocenters. The van der Waals surface area contributed by atoms with E-state index in [2.05, 4.69) is 9.80 Å². The smallest absolute Gasteiger partial charge is 0.326 e. The van der Waals surface area contributed by atoms with Crippen molar-refractivity contribution < 1.29 is 22.7 Å². The molecular weight excluding hydrogens is 363 g/mol. The molecule has 0 aliphatic carbocycles. The summed E-state index contributed by atoms with van der Waals surface area (Å²) in [6, 6.07) is 3.21. The molecule has 1 amide bonds. The topological polar surface area (TPSA) is 93.2 Å². The largest absolute Gasteiger partial charge is 0.506 e. The van der Waals surface area contributed by atoms with E-state index in [0.717, 1.165) is 25.9 Å². The van der Waals surface area contributed by atoms with E-state index in [1.54, 1.807) is 4.72 Å². The summed E-state index contributed by atoms with van der Waals surface area (Å²) < 4.78 is 41.3. The molecule has 0 spiro atoms. The summed E-state index contributed by atoms with van der Waals surface area (Å²) in [7, 11) is -0.107. The molecule has 2 N–H and O–H groups in total. The molecule has 2 heterocycles. The van der Waals surface area contributed by atoms with Crippen LogP contribution in [-0.2, 0) is 21.5 Å². The zero-order valence-electron chi connectivity index (χ0n) is 14.8. The molecule has 1 aromatic rings. The van der Waals surface area contributed by atoms with E-state index in [1.807, 2.05) is 14.1 Å². The van der Waals surface area contributed by atoms with Gasteiger partial charge >= 0.3 is 10.2 Å². The summed E-state index contributed by atoms with van der Waals surface area (Å²) in [5, 5.41) is 9.99. The molecule has 0 bridgehead atoms. The Kier molecular flexibility index (Phi) is 5.09. The molecule has 0 aromatic heterocycles. The molecule has 0 saturated carbocycles. The quantitative estimate of drug-likeness (QED) is 0.770. The lowest BCUT2D eigenvalue weighted by atomic mass is 10.0. The maximum absolute atomic E-state index is 15.0. The molecule has 8 nitrogen and oxygen atoms in total. The van der Waals surface area contributed by atoms with E-state index in [-0.39, 0.29) is 5.56 Å². The number of piperidine rings is 1. The Morgan fingerprint density at radius 3 is 2.50 bits per heavy atom. The fourth-order valence-corrected chi connectivity index (χ4v) is 4.60. The van der Waals surface area contributed by atoms with Gasteiger partial charge in [-0.15, -0.1) is 0 Å². The molecule has 0 unspecified atom stereocenters. The van der Waals surface area contributed by atoms with Crippen molar-refractivity contribution in [2.24, 2.45) is 0 Å². The number of hydrogen-bond donors (Lipinski definition) is 2. The van der Waals surface area contributed by atoms with Crippen molar-refractivity contribution in [2.75, 3.05) is 38.0 Å². The molecule has 144 valence electrons. The average Bonchev–Trinajstić information content (AvgIpc) is 2.83. The van der Waals surface area contributed by atoms with Crippen LogP contribution in [0.25, 0.3) is 0 Å². The summed E-state index contributed by atoms with van der Waals surface area (Å²) in [6.45, 7) is 1.38. The van der Waals surface area contributed by atoms with Gasteiger partial charge in [-0.3, -0.25) is 9.69 Å². The highest BCUT2D eigenvalue weighted by molar-refractivity contribution is 7.92. The zero-order valence-corrected chi connectivity index (χ0v) is 15.6. The summed E-state index contributed by atoms with van der Waals surface area (Å²) in [6.07, 6.45) is 1.94. The lowest BCUT2D eigenvalue weighted by molar-refractivity contribution is -0.117. The van der Waals surface area contributed by atoms with Gasteiger partial charge in [-0.25, -0.2) is 13.4 Å². The van der Waals surface area contributed by atoms with Gasteiger partial charge in [-0.1, -0.05) is 6.07 Å². The fraction of sp³-hybridized carbons (Fsp3) is 0.562. The molecule has 1 aromatic carbocycles. The standard InChI is InChI=1S/C16H23FN4O4S/c1-19(2)12-5-7-20(8-6-12)9-11-3-4-13(22)16(15(11)17)21-10-14(23)18-26(21,24)25/h3-4,12,22H,5-10H2,1-2H3,(H,18,23). The number of likely N-dealkylation sites (tertiary alicyclic amines) is 1. The van der Waals surface area contributed by atoms with Crippen molar-refractivity contribution in [3.63, 3.8) is 0 Å². The SMILES string of the molecule is CN(C)C1CCN(Cc2ccc(O)c(N3CC(=O)NS3(=O)=O)c2F)CC1. The van der Waals surface area contributed by atoms with Gasteiger partial charge in [0.05, 0.1) is 0 Å². The maximum Gasteiger partial charge on any atom is 0.326 e. The van der Waals surface area contributed by atoms with Gasteiger partial charge in [-0.2, -0.15) is 8.42 Å².